The fourth-order valence-electron chi connectivity index (χ4n) is 4.50. The molecule has 2 aliphatic rings. The first-order valence-electron chi connectivity index (χ1n) is 11.6. The Morgan fingerprint density at radius 1 is 1.33 bits per heavy atom. The number of aromatic nitrogens is 3. The molecule has 33 heavy (non-hydrogen) atoms. The predicted molar refractivity (Wildman–Crippen MR) is 125 cm³/mol. The van der Waals surface area contributed by atoms with Crippen molar-refractivity contribution in [2.75, 3.05) is 38.7 Å². The molecule has 0 saturated carbocycles. The second-order valence-corrected chi connectivity index (χ2v) is 8.98. The first kappa shape index (κ1) is 23.4. The molecule has 2 N–H and O–H groups in total. The molecule has 1 unspecified atom stereocenters. The normalized spacial score (nSPS) is 19.7. The van der Waals surface area contributed by atoms with E-state index in [0.29, 0.717) is 49.4 Å². The van der Waals surface area contributed by atoms with Gasteiger partial charge in [0.2, 0.25) is 5.88 Å². The minimum Gasteiger partial charge on any atom is -0.479 e. The van der Waals surface area contributed by atoms with E-state index in [1.54, 1.807) is 6.20 Å². The SMILES string of the molecule is COc1ncc(NC2=C(C(=N)c3cnn(CC4CCN(C(C)C)C4)c3)CCOCC2)cc1F. The van der Waals surface area contributed by atoms with E-state index in [9.17, 15) is 4.39 Å². The van der Waals surface area contributed by atoms with Crippen molar-refractivity contribution in [2.24, 2.45) is 5.92 Å². The van der Waals surface area contributed by atoms with E-state index in [4.69, 9.17) is 14.9 Å². The third kappa shape index (κ3) is 5.59. The molecule has 0 spiro atoms. The number of nitrogens with zero attached hydrogens (tertiary/aromatic N) is 4. The van der Waals surface area contributed by atoms with Crippen molar-refractivity contribution in [1.82, 2.24) is 19.7 Å². The molecule has 0 amide bonds. The first-order chi connectivity index (χ1) is 15.9. The lowest BCUT2D eigenvalue weighted by molar-refractivity contribution is 0.146. The zero-order chi connectivity index (χ0) is 23.4. The third-order valence-corrected chi connectivity index (χ3v) is 6.37. The molecule has 178 valence electrons. The highest BCUT2D eigenvalue weighted by Crippen LogP contribution is 2.26. The summed E-state index contributed by atoms with van der Waals surface area (Å²) >= 11 is 0. The van der Waals surface area contributed by atoms with Crippen LogP contribution in [0, 0.1) is 17.1 Å². The Labute approximate surface area is 194 Å². The average molecular weight is 457 g/mol. The number of hydrogen-bond acceptors (Lipinski definition) is 7. The smallest absolute Gasteiger partial charge is 0.250 e. The molecule has 0 radical (unpaired) electrons. The summed E-state index contributed by atoms with van der Waals surface area (Å²) in [5.41, 5.74) is 3.42. The number of likely N-dealkylation sites (tertiary alicyclic amines) is 1. The number of methoxy groups -OCH3 is 1. The van der Waals surface area contributed by atoms with Crippen molar-refractivity contribution in [3.8, 4) is 5.88 Å². The van der Waals surface area contributed by atoms with Crippen molar-refractivity contribution in [3.05, 3.63) is 47.3 Å². The van der Waals surface area contributed by atoms with Crippen LogP contribution in [0.2, 0.25) is 0 Å². The zero-order valence-electron chi connectivity index (χ0n) is 19.6. The average Bonchev–Trinajstić information content (AvgIpc) is 3.40. The molecule has 0 bridgehead atoms. The summed E-state index contributed by atoms with van der Waals surface area (Å²) in [5.74, 6) is 0.00114. The summed E-state index contributed by atoms with van der Waals surface area (Å²) in [6, 6.07) is 1.92. The summed E-state index contributed by atoms with van der Waals surface area (Å²) in [6.07, 6.45) is 7.64. The number of halogens is 1. The highest BCUT2D eigenvalue weighted by atomic mass is 19.1. The van der Waals surface area contributed by atoms with E-state index < -0.39 is 5.82 Å². The minimum atomic E-state index is -0.534. The summed E-state index contributed by atoms with van der Waals surface area (Å²) < 4.78 is 26.6. The van der Waals surface area contributed by atoms with Gasteiger partial charge in [0.05, 0.1) is 44.1 Å². The molecule has 8 nitrogen and oxygen atoms in total. The van der Waals surface area contributed by atoms with Gasteiger partial charge < -0.3 is 19.7 Å². The molecule has 0 aromatic carbocycles. The van der Waals surface area contributed by atoms with Crippen molar-refractivity contribution >= 4 is 11.4 Å². The van der Waals surface area contributed by atoms with Gasteiger partial charge >= 0.3 is 0 Å². The fraction of sp³-hybridized carbons (Fsp3) is 0.542. The molecule has 2 aromatic rings. The van der Waals surface area contributed by atoms with Crippen molar-refractivity contribution in [1.29, 1.82) is 5.41 Å². The lowest BCUT2D eigenvalue weighted by atomic mass is 9.99. The number of ether oxygens (including phenoxy) is 2. The quantitative estimate of drug-likeness (QED) is 0.589. The molecular formula is C24H33FN6O2. The monoisotopic (exact) mass is 456 g/mol. The maximum Gasteiger partial charge on any atom is 0.250 e. The number of anilines is 1. The second kappa shape index (κ2) is 10.4. The van der Waals surface area contributed by atoms with Crippen LogP contribution in [-0.2, 0) is 11.3 Å². The van der Waals surface area contributed by atoms with Crippen LogP contribution in [0.1, 0.15) is 38.7 Å². The van der Waals surface area contributed by atoms with Gasteiger partial charge in [-0.25, -0.2) is 9.37 Å². The van der Waals surface area contributed by atoms with E-state index in [-0.39, 0.29) is 5.88 Å². The molecule has 1 saturated heterocycles. The fourth-order valence-corrected chi connectivity index (χ4v) is 4.50. The molecule has 0 aliphatic carbocycles. The molecule has 4 rings (SSSR count). The van der Waals surface area contributed by atoms with Crippen molar-refractivity contribution in [3.63, 3.8) is 0 Å². The maximum absolute atomic E-state index is 14.1. The summed E-state index contributed by atoms with van der Waals surface area (Å²) in [7, 11) is 1.39. The van der Waals surface area contributed by atoms with Gasteiger partial charge in [-0.2, -0.15) is 5.10 Å². The van der Waals surface area contributed by atoms with E-state index in [0.717, 1.165) is 36.5 Å². The van der Waals surface area contributed by atoms with Crippen LogP contribution in [0.5, 0.6) is 5.88 Å². The lowest BCUT2D eigenvalue weighted by Gasteiger charge is -2.20. The number of nitrogens with one attached hydrogen (secondary N) is 2. The zero-order valence-corrected chi connectivity index (χ0v) is 19.6. The first-order valence-corrected chi connectivity index (χ1v) is 11.6. The standard InChI is InChI=1S/C24H33FN6O2/c1-16(2)30-7-4-17(13-30)14-31-15-18(11-28-31)23(26)20-5-8-33-9-6-22(20)29-19-10-21(25)24(32-3)27-12-19/h10-12,15-17,26,29H,4-9,13-14H2,1-3H3. The van der Waals surface area contributed by atoms with E-state index in [2.05, 4.69) is 34.1 Å². The Balaban J connectivity index is 1.50. The van der Waals surface area contributed by atoms with Gasteiger partial charge in [-0.1, -0.05) is 0 Å². The van der Waals surface area contributed by atoms with Gasteiger partial charge in [0, 0.05) is 49.1 Å². The Kier molecular flexibility index (Phi) is 7.39. The van der Waals surface area contributed by atoms with Crippen LogP contribution in [0.15, 0.2) is 35.9 Å². The van der Waals surface area contributed by atoms with Gasteiger partial charge in [0.25, 0.3) is 0 Å². The number of rotatable bonds is 8. The maximum atomic E-state index is 14.1. The van der Waals surface area contributed by atoms with Gasteiger partial charge in [0.15, 0.2) is 5.82 Å². The Bertz CT molecular complexity index is 1020. The van der Waals surface area contributed by atoms with Gasteiger partial charge in [0.1, 0.15) is 0 Å². The van der Waals surface area contributed by atoms with Crippen LogP contribution >= 0.6 is 0 Å². The second-order valence-electron chi connectivity index (χ2n) is 8.98. The highest BCUT2D eigenvalue weighted by Gasteiger charge is 2.25. The highest BCUT2D eigenvalue weighted by molar-refractivity contribution is 6.11. The molecule has 2 aromatic heterocycles. The minimum absolute atomic E-state index is 0.0436. The van der Waals surface area contributed by atoms with Crippen LogP contribution in [-0.4, -0.2) is 64.8 Å². The van der Waals surface area contributed by atoms with Crippen molar-refractivity contribution in [2.45, 2.75) is 45.7 Å². The number of hydrogen-bond donors (Lipinski definition) is 2. The summed E-state index contributed by atoms with van der Waals surface area (Å²) in [4.78, 5) is 6.50. The molecule has 4 heterocycles. The Hall–Kier alpha value is -2.78. The van der Waals surface area contributed by atoms with E-state index >= 15 is 0 Å². The van der Waals surface area contributed by atoms with Gasteiger partial charge in [-0.3, -0.25) is 10.1 Å². The third-order valence-electron chi connectivity index (χ3n) is 6.37. The van der Waals surface area contributed by atoms with E-state index in [1.165, 1.54) is 25.8 Å². The topological polar surface area (TPSA) is 88.3 Å². The lowest BCUT2D eigenvalue weighted by Crippen LogP contribution is -2.28. The number of pyridine rings is 1. The Morgan fingerprint density at radius 2 is 2.15 bits per heavy atom. The molecule has 2 aliphatic heterocycles. The summed E-state index contributed by atoms with van der Waals surface area (Å²) in [5, 5.41) is 16.7. The van der Waals surface area contributed by atoms with Crippen molar-refractivity contribution < 1.29 is 13.9 Å². The van der Waals surface area contributed by atoms with Gasteiger partial charge in [-0.15, -0.1) is 0 Å². The summed E-state index contributed by atoms with van der Waals surface area (Å²) in [6.45, 7) is 8.64. The van der Waals surface area contributed by atoms with E-state index in [1.807, 2.05) is 10.9 Å². The molecular weight excluding hydrogens is 423 g/mol. The van der Waals surface area contributed by atoms with Crippen LogP contribution < -0.4 is 10.1 Å². The largest absolute Gasteiger partial charge is 0.479 e. The van der Waals surface area contributed by atoms with Crippen LogP contribution in [0.4, 0.5) is 10.1 Å². The van der Waals surface area contributed by atoms with Crippen LogP contribution in [0.3, 0.4) is 0 Å². The molecule has 1 atom stereocenters. The predicted octanol–water partition coefficient (Wildman–Crippen LogP) is 3.70. The molecule has 9 heteroatoms. The Morgan fingerprint density at radius 3 is 2.88 bits per heavy atom. The molecule has 1 fully saturated rings. The van der Waals surface area contributed by atoms with Crippen LogP contribution in [0.25, 0.3) is 0 Å². The van der Waals surface area contributed by atoms with Gasteiger partial charge in [-0.05, 0) is 44.7 Å².